The maximum Gasteiger partial charge on any atom is 0.381 e. The van der Waals surface area contributed by atoms with Crippen LogP contribution in [0.3, 0.4) is 0 Å². The number of rotatable bonds is 6. The predicted octanol–water partition coefficient (Wildman–Crippen LogP) is 1.69. The summed E-state index contributed by atoms with van der Waals surface area (Å²) in [6, 6.07) is 4.87. The van der Waals surface area contributed by atoms with Gasteiger partial charge in [0.2, 0.25) is 6.33 Å². The summed E-state index contributed by atoms with van der Waals surface area (Å²) < 4.78 is 11.6. The lowest BCUT2D eigenvalue weighted by Crippen LogP contribution is -2.10. The predicted molar refractivity (Wildman–Crippen MR) is 72.8 cm³/mol. The molecule has 0 saturated carbocycles. The highest BCUT2D eigenvalue weighted by molar-refractivity contribution is 5.99. The molecule has 0 fully saturated rings. The normalized spacial score (nSPS) is 10.2. The van der Waals surface area contributed by atoms with Crippen LogP contribution in [0.1, 0.15) is 10.4 Å². The van der Waals surface area contributed by atoms with Gasteiger partial charge in [0.25, 0.3) is 0 Å². The molecule has 8 heteroatoms. The van der Waals surface area contributed by atoms with Crippen molar-refractivity contribution in [2.75, 3.05) is 14.2 Å². The number of ether oxygens (including phenoxy) is 2. The zero-order valence-corrected chi connectivity index (χ0v) is 11.5. The third kappa shape index (κ3) is 3.16. The molecule has 0 saturated heterocycles. The molecular weight excluding hydrogens is 278 g/mol. The van der Waals surface area contributed by atoms with Gasteiger partial charge < -0.3 is 24.2 Å². The van der Waals surface area contributed by atoms with E-state index in [-0.39, 0.29) is 18.1 Å². The first kappa shape index (κ1) is 14.5. The topological polar surface area (TPSA) is 96.5 Å². The van der Waals surface area contributed by atoms with Gasteiger partial charge in [0.1, 0.15) is 17.7 Å². The minimum atomic E-state index is -0.618. The summed E-state index contributed by atoms with van der Waals surface area (Å²) in [6.07, 6.45) is 2.44. The maximum atomic E-state index is 12.3. The summed E-state index contributed by atoms with van der Waals surface area (Å²) in [7, 11) is 2.95. The molecule has 21 heavy (non-hydrogen) atoms. The number of hydrogen-bond donors (Lipinski definition) is 0. The fourth-order valence-corrected chi connectivity index (χ4v) is 1.81. The molecule has 0 amide bonds. The summed E-state index contributed by atoms with van der Waals surface area (Å²) >= 11 is 0. The molecule has 1 aromatic carbocycles. The number of benzene rings is 1. The minimum Gasteiger partial charge on any atom is -0.497 e. The van der Waals surface area contributed by atoms with Crippen molar-refractivity contribution >= 4 is 11.6 Å². The molecule has 0 unspecified atom stereocenters. The number of hydrogen-bond acceptors (Lipinski definition) is 6. The van der Waals surface area contributed by atoms with Gasteiger partial charge in [-0.1, -0.05) is 0 Å². The number of Topliss-reactive ketones (excluding diaryl/α,β-unsaturated/α-hetero) is 1. The van der Waals surface area contributed by atoms with Crippen molar-refractivity contribution in [2.45, 2.75) is 6.54 Å². The lowest BCUT2D eigenvalue weighted by molar-refractivity contribution is -0.389. The molecule has 1 aromatic heterocycles. The third-order valence-electron chi connectivity index (χ3n) is 2.84. The zero-order chi connectivity index (χ0) is 15.4. The Morgan fingerprint density at radius 2 is 2.14 bits per heavy atom. The first-order valence-corrected chi connectivity index (χ1v) is 5.96. The second-order valence-corrected chi connectivity index (χ2v) is 4.15. The van der Waals surface area contributed by atoms with Crippen molar-refractivity contribution in [1.82, 2.24) is 9.55 Å². The van der Waals surface area contributed by atoms with Crippen LogP contribution in [0.4, 0.5) is 5.82 Å². The van der Waals surface area contributed by atoms with E-state index in [2.05, 4.69) is 4.98 Å². The van der Waals surface area contributed by atoms with Crippen molar-refractivity contribution < 1.29 is 19.2 Å². The Kier molecular flexibility index (Phi) is 4.17. The van der Waals surface area contributed by atoms with E-state index < -0.39 is 4.92 Å². The standard InChI is InChI=1S/C13H13N3O5/c1-20-9-3-4-12(21-2)10(5-9)11(17)6-15-7-13(14-8-15)16(18)19/h3-5,7-8H,6H2,1-2H3. The summed E-state index contributed by atoms with van der Waals surface area (Å²) in [4.78, 5) is 25.8. The van der Waals surface area contributed by atoms with Crippen molar-refractivity contribution in [1.29, 1.82) is 0 Å². The molecule has 0 N–H and O–H groups in total. The zero-order valence-electron chi connectivity index (χ0n) is 11.5. The van der Waals surface area contributed by atoms with Gasteiger partial charge in [-0.25, -0.2) is 0 Å². The number of carbonyl (C=O) groups is 1. The highest BCUT2D eigenvalue weighted by Crippen LogP contribution is 2.24. The number of nitro groups is 1. The SMILES string of the molecule is COc1ccc(OC)c(C(=O)Cn2cnc([N+](=O)[O-])c2)c1. The van der Waals surface area contributed by atoms with Crippen LogP contribution in [0.25, 0.3) is 0 Å². The van der Waals surface area contributed by atoms with Crippen molar-refractivity contribution in [3.8, 4) is 11.5 Å². The molecular formula is C13H13N3O5. The number of aromatic nitrogens is 2. The van der Waals surface area contributed by atoms with Crippen LogP contribution < -0.4 is 9.47 Å². The van der Waals surface area contributed by atoms with Gasteiger partial charge in [0.05, 0.1) is 26.3 Å². The second-order valence-electron chi connectivity index (χ2n) is 4.15. The molecule has 2 rings (SSSR count). The molecule has 0 bridgehead atoms. The van der Waals surface area contributed by atoms with E-state index in [1.165, 1.54) is 31.3 Å². The van der Waals surface area contributed by atoms with E-state index in [0.717, 1.165) is 0 Å². The lowest BCUT2D eigenvalue weighted by atomic mass is 10.1. The molecule has 1 heterocycles. The smallest absolute Gasteiger partial charge is 0.381 e. The first-order valence-electron chi connectivity index (χ1n) is 5.96. The van der Waals surface area contributed by atoms with Crippen molar-refractivity contribution in [3.05, 3.63) is 46.4 Å². The molecule has 0 aliphatic heterocycles. The van der Waals surface area contributed by atoms with E-state index in [1.807, 2.05) is 0 Å². The lowest BCUT2D eigenvalue weighted by Gasteiger charge is -2.09. The molecule has 0 aliphatic carbocycles. The van der Waals surface area contributed by atoms with Gasteiger partial charge in [-0.2, -0.15) is 0 Å². The van der Waals surface area contributed by atoms with Crippen LogP contribution >= 0.6 is 0 Å². The molecule has 110 valence electrons. The van der Waals surface area contributed by atoms with Crippen molar-refractivity contribution in [3.63, 3.8) is 0 Å². The van der Waals surface area contributed by atoms with E-state index in [9.17, 15) is 14.9 Å². The summed E-state index contributed by atoms with van der Waals surface area (Å²) in [5, 5.41) is 10.6. The van der Waals surface area contributed by atoms with Crippen LogP contribution in [0.2, 0.25) is 0 Å². The van der Waals surface area contributed by atoms with Gasteiger partial charge in [0.15, 0.2) is 5.78 Å². The Hall–Kier alpha value is -2.90. The first-order chi connectivity index (χ1) is 10.0. The van der Waals surface area contributed by atoms with Gasteiger partial charge in [-0.15, -0.1) is 0 Å². The number of methoxy groups -OCH3 is 2. The van der Waals surface area contributed by atoms with Crippen LogP contribution in [0.15, 0.2) is 30.7 Å². The molecule has 8 nitrogen and oxygen atoms in total. The maximum absolute atomic E-state index is 12.3. The average molecular weight is 291 g/mol. The largest absolute Gasteiger partial charge is 0.497 e. The Morgan fingerprint density at radius 1 is 1.38 bits per heavy atom. The summed E-state index contributed by atoms with van der Waals surface area (Å²) in [6.45, 7) is -0.0790. The summed E-state index contributed by atoms with van der Waals surface area (Å²) in [5.74, 6) is 0.365. The van der Waals surface area contributed by atoms with E-state index in [0.29, 0.717) is 17.1 Å². The number of nitrogens with zero attached hydrogens (tertiary/aromatic N) is 3. The van der Waals surface area contributed by atoms with Crippen LogP contribution in [0.5, 0.6) is 11.5 Å². The Balaban J connectivity index is 2.24. The number of ketones is 1. The molecule has 0 radical (unpaired) electrons. The van der Waals surface area contributed by atoms with Crippen LogP contribution in [-0.4, -0.2) is 34.5 Å². The van der Waals surface area contributed by atoms with Crippen LogP contribution in [-0.2, 0) is 6.54 Å². The molecule has 0 atom stereocenters. The van der Waals surface area contributed by atoms with Crippen molar-refractivity contribution in [2.24, 2.45) is 0 Å². The molecule has 0 spiro atoms. The quantitative estimate of drug-likeness (QED) is 0.456. The fraction of sp³-hybridized carbons (Fsp3) is 0.231. The Morgan fingerprint density at radius 3 is 2.71 bits per heavy atom. The van der Waals surface area contributed by atoms with Gasteiger partial charge in [0, 0.05) is 0 Å². The molecule has 0 aliphatic rings. The average Bonchev–Trinajstić information content (AvgIpc) is 2.95. The third-order valence-corrected chi connectivity index (χ3v) is 2.84. The Bertz CT molecular complexity index is 680. The van der Waals surface area contributed by atoms with E-state index >= 15 is 0 Å². The number of carbonyl (C=O) groups excluding carboxylic acids is 1. The highest BCUT2D eigenvalue weighted by atomic mass is 16.6. The van der Waals surface area contributed by atoms with Gasteiger partial charge in [-0.3, -0.25) is 4.79 Å². The van der Waals surface area contributed by atoms with E-state index in [4.69, 9.17) is 9.47 Å². The molecule has 2 aromatic rings. The Labute approximate surface area is 120 Å². The second kappa shape index (κ2) is 6.04. The fourth-order valence-electron chi connectivity index (χ4n) is 1.81. The van der Waals surface area contributed by atoms with Gasteiger partial charge in [-0.05, 0) is 28.1 Å². The number of imidazole rings is 1. The monoisotopic (exact) mass is 291 g/mol. The van der Waals surface area contributed by atoms with Gasteiger partial charge >= 0.3 is 5.82 Å². The van der Waals surface area contributed by atoms with Crippen LogP contribution in [0, 0.1) is 10.1 Å². The van der Waals surface area contributed by atoms with E-state index in [1.54, 1.807) is 18.2 Å². The minimum absolute atomic E-state index is 0.0790. The summed E-state index contributed by atoms with van der Waals surface area (Å²) in [5.41, 5.74) is 0.341. The highest BCUT2D eigenvalue weighted by Gasteiger charge is 2.17.